The van der Waals surface area contributed by atoms with Crippen molar-refractivity contribution in [3.8, 4) is 0 Å². The summed E-state index contributed by atoms with van der Waals surface area (Å²) in [6.45, 7) is 11.9. The van der Waals surface area contributed by atoms with Gasteiger partial charge in [0.05, 0.1) is 6.54 Å². The summed E-state index contributed by atoms with van der Waals surface area (Å²) in [4.78, 5) is 6.93. The number of nitrogens with one attached hydrogen (secondary N) is 2. The van der Waals surface area contributed by atoms with Crippen LogP contribution in [-0.2, 0) is 5.60 Å². The summed E-state index contributed by atoms with van der Waals surface area (Å²) < 4.78 is 5.54. The number of nitrogens with zero attached hydrogens (tertiary/aromatic N) is 2. The van der Waals surface area contributed by atoms with Crippen LogP contribution < -0.4 is 10.6 Å². The van der Waals surface area contributed by atoms with Gasteiger partial charge in [-0.3, -0.25) is 0 Å². The van der Waals surface area contributed by atoms with E-state index in [-0.39, 0.29) is 30.5 Å². The highest BCUT2D eigenvalue weighted by molar-refractivity contribution is 14.0. The zero-order valence-electron chi connectivity index (χ0n) is 16.1. The topological polar surface area (TPSA) is 73.0 Å². The third kappa shape index (κ3) is 6.45. The van der Waals surface area contributed by atoms with Gasteiger partial charge in [-0.1, -0.05) is 0 Å². The first-order valence-corrected chi connectivity index (χ1v) is 8.82. The quantitative estimate of drug-likeness (QED) is 0.342. The van der Waals surface area contributed by atoms with Crippen molar-refractivity contribution in [1.82, 2.24) is 15.5 Å². The maximum Gasteiger partial charge on any atom is 0.191 e. The molecule has 1 aromatic heterocycles. The van der Waals surface area contributed by atoms with Gasteiger partial charge < -0.3 is 25.1 Å². The van der Waals surface area contributed by atoms with Crippen molar-refractivity contribution in [2.75, 3.05) is 39.8 Å². The van der Waals surface area contributed by atoms with Crippen LogP contribution in [0.1, 0.15) is 37.4 Å². The van der Waals surface area contributed by atoms with Gasteiger partial charge in [0, 0.05) is 25.2 Å². The molecule has 1 aliphatic rings. The van der Waals surface area contributed by atoms with Crippen molar-refractivity contribution in [2.45, 2.75) is 39.7 Å². The highest BCUT2D eigenvalue weighted by Gasteiger charge is 2.27. The minimum Gasteiger partial charge on any atom is -0.466 e. The normalized spacial score (nSPS) is 20.9. The largest absolute Gasteiger partial charge is 0.466 e. The maximum absolute atomic E-state index is 10.8. The molecule has 0 aliphatic carbocycles. The van der Waals surface area contributed by atoms with Crippen molar-refractivity contribution >= 4 is 29.9 Å². The van der Waals surface area contributed by atoms with E-state index in [0.717, 1.165) is 49.2 Å². The Kier molecular flexibility index (Phi) is 8.70. The SMILES string of the molecule is CCNC(=NCC(C)(O)c1cc(C)oc1C)NCC1CCN(C)C1.I. The summed E-state index contributed by atoms with van der Waals surface area (Å²) in [6, 6.07) is 1.89. The molecule has 1 aliphatic heterocycles. The molecule has 2 unspecified atom stereocenters. The van der Waals surface area contributed by atoms with Crippen LogP contribution in [0.3, 0.4) is 0 Å². The number of hydrogen-bond acceptors (Lipinski definition) is 4. The summed E-state index contributed by atoms with van der Waals surface area (Å²) in [5.41, 5.74) is -0.241. The van der Waals surface area contributed by atoms with E-state index in [0.29, 0.717) is 5.92 Å². The molecule has 6 nitrogen and oxygen atoms in total. The second-order valence-corrected chi connectivity index (χ2v) is 7.09. The number of furan rings is 1. The second kappa shape index (κ2) is 9.78. The Morgan fingerprint density at radius 2 is 2.16 bits per heavy atom. The fourth-order valence-electron chi connectivity index (χ4n) is 3.26. The molecule has 25 heavy (non-hydrogen) atoms. The van der Waals surface area contributed by atoms with E-state index in [1.54, 1.807) is 6.92 Å². The van der Waals surface area contributed by atoms with Gasteiger partial charge in [0.2, 0.25) is 0 Å². The number of aryl methyl sites for hydroxylation is 2. The third-order valence-corrected chi connectivity index (χ3v) is 4.56. The molecular weight excluding hydrogens is 431 g/mol. The Labute approximate surface area is 168 Å². The average molecular weight is 464 g/mol. The van der Waals surface area contributed by atoms with Gasteiger partial charge in [0.1, 0.15) is 17.1 Å². The van der Waals surface area contributed by atoms with Crippen molar-refractivity contribution in [1.29, 1.82) is 0 Å². The molecule has 1 fully saturated rings. The van der Waals surface area contributed by atoms with Gasteiger partial charge in [-0.05, 0) is 59.7 Å². The maximum atomic E-state index is 10.8. The van der Waals surface area contributed by atoms with Gasteiger partial charge in [0.25, 0.3) is 0 Å². The molecule has 0 spiro atoms. The number of likely N-dealkylation sites (tertiary alicyclic amines) is 1. The Hall–Kier alpha value is -0.800. The third-order valence-electron chi connectivity index (χ3n) is 4.56. The van der Waals surface area contributed by atoms with Gasteiger partial charge in [-0.15, -0.1) is 24.0 Å². The predicted octanol–water partition coefficient (Wildman–Crippen LogP) is 2.23. The van der Waals surface area contributed by atoms with Crippen LogP contribution in [0, 0.1) is 19.8 Å². The molecule has 0 bridgehead atoms. The van der Waals surface area contributed by atoms with E-state index in [1.807, 2.05) is 26.8 Å². The van der Waals surface area contributed by atoms with Crippen LogP contribution >= 0.6 is 24.0 Å². The summed E-state index contributed by atoms with van der Waals surface area (Å²) in [5, 5.41) is 17.4. The standard InChI is InChI=1S/C18H32N4O2.HI/c1-6-19-17(20-10-15-7-8-22(5)11-15)21-12-18(4,23)16-9-13(2)24-14(16)3;/h9,15,23H,6-8,10-12H2,1-5H3,(H2,19,20,21);1H. The molecule has 1 saturated heterocycles. The Bertz CT molecular complexity index is 571. The van der Waals surface area contributed by atoms with Crippen molar-refractivity contribution < 1.29 is 9.52 Å². The van der Waals surface area contributed by atoms with E-state index in [1.165, 1.54) is 6.42 Å². The van der Waals surface area contributed by atoms with E-state index in [9.17, 15) is 5.11 Å². The molecule has 1 aromatic rings. The minimum atomic E-state index is -1.04. The first kappa shape index (κ1) is 22.2. The average Bonchev–Trinajstić information content (AvgIpc) is 3.07. The summed E-state index contributed by atoms with van der Waals surface area (Å²) >= 11 is 0. The number of rotatable bonds is 6. The highest BCUT2D eigenvalue weighted by atomic mass is 127. The van der Waals surface area contributed by atoms with Gasteiger partial charge in [0.15, 0.2) is 5.96 Å². The number of halogens is 1. The van der Waals surface area contributed by atoms with Crippen LogP contribution in [0.25, 0.3) is 0 Å². The van der Waals surface area contributed by atoms with Gasteiger partial charge in [-0.25, -0.2) is 4.99 Å². The minimum absolute atomic E-state index is 0. The zero-order valence-corrected chi connectivity index (χ0v) is 18.4. The lowest BCUT2D eigenvalue weighted by Gasteiger charge is -2.22. The van der Waals surface area contributed by atoms with E-state index in [2.05, 4.69) is 27.6 Å². The molecule has 0 radical (unpaired) electrons. The van der Waals surface area contributed by atoms with Gasteiger partial charge >= 0.3 is 0 Å². The smallest absolute Gasteiger partial charge is 0.191 e. The van der Waals surface area contributed by atoms with Crippen molar-refractivity contribution in [3.63, 3.8) is 0 Å². The molecule has 144 valence electrons. The van der Waals surface area contributed by atoms with Gasteiger partial charge in [-0.2, -0.15) is 0 Å². The lowest BCUT2D eigenvalue weighted by atomic mass is 9.96. The van der Waals surface area contributed by atoms with Crippen LogP contribution in [0.5, 0.6) is 0 Å². The summed E-state index contributed by atoms with van der Waals surface area (Å²) in [6.07, 6.45) is 1.22. The molecule has 7 heteroatoms. The molecule has 0 aromatic carbocycles. The Morgan fingerprint density at radius 3 is 2.68 bits per heavy atom. The molecule has 3 N–H and O–H groups in total. The molecular formula is C18H33IN4O2. The zero-order chi connectivity index (χ0) is 17.7. The molecule has 0 saturated carbocycles. The van der Waals surface area contributed by atoms with E-state index in [4.69, 9.17) is 4.42 Å². The van der Waals surface area contributed by atoms with Crippen LogP contribution in [0.15, 0.2) is 15.5 Å². The van der Waals surface area contributed by atoms with Crippen LogP contribution in [0.4, 0.5) is 0 Å². The summed E-state index contributed by atoms with van der Waals surface area (Å²) in [7, 11) is 2.16. The van der Waals surface area contributed by atoms with E-state index < -0.39 is 5.60 Å². The lowest BCUT2D eigenvalue weighted by Crippen LogP contribution is -2.41. The Balaban J connectivity index is 0.00000312. The molecule has 0 amide bonds. The fourth-order valence-corrected chi connectivity index (χ4v) is 3.26. The molecule has 2 heterocycles. The highest BCUT2D eigenvalue weighted by Crippen LogP contribution is 2.27. The van der Waals surface area contributed by atoms with Crippen molar-refractivity contribution in [3.05, 3.63) is 23.2 Å². The first-order valence-electron chi connectivity index (χ1n) is 8.82. The van der Waals surface area contributed by atoms with Crippen LogP contribution in [-0.4, -0.2) is 55.7 Å². The second-order valence-electron chi connectivity index (χ2n) is 7.09. The monoisotopic (exact) mass is 464 g/mol. The Morgan fingerprint density at radius 1 is 1.44 bits per heavy atom. The predicted molar refractivity (Wildman–Crippen MR) is 113 cm³/mol. The molecule has 2 atom stereocenters. The first-order chi connectivity index (χ1) is 11.3. The lowest BCUT2D eigenvalue weighted by molar-refractivity contribution is 0.0657. The van der Waals surface area contributed by atoms with Crippen molar-refractivity contribution in [2.24, 2.45) is 10.9 Å². The van der Waals surface area contributed by atoms with Crippen LogP contribution in [0.2, 0.25) is 0 Å². The number of guanidine groups is 1. The summed E-state index contributed by atoms with van der Waals surface area (Å²) in [5.74, 6) is 2.96. The number of aliphatic imine (C=N–C) groups is 1. The molecule has 2 rings (SSSR count). The number of aliphatic hydroxyl groups is 1. The number of hydrogen-bond donors (Lipinski definition) is 3. The fraction of sp³-hybridized carbons (Fsp3) is 0.722. The van der Waals surface area contributed by atoms with E-state index >= 15 is 0 Å².